The number of imide groups is 1. The number of nitrogens with one attached hydrogen (secondary N) is 1. The molecule has 8 nitrogen and oxygen atoms in total. The van der Waals surface area contributed by atoms with Crippen molar-refractivity contribution in [2.45, 2.75) is 32.2 Å². The first-order valence-corrected chi connectivity index (χ1v) is 8.79. The fourth-order valence-corrected chi connectivity index (χ4v) is 2.85. The molecule has 0 aromatic heterocycles. The van der Waals surface area contributed by atoms with Crippen molar-refractivity contribution in [3.8, 4) is 0 Å². The van der Waals surface area contributed by atoms with Gasteiger partial charge in [-0.2, -0.15) is 0 Å². The fraction of sp³-hybridized carbons (Fsp3) is 0.474. The molecule has 0 saturated carbocycles. The van der Waals surface area contributed by atoms with Crippen LogP contribution in [0.2, 0.25) is 0 Å². The molecule has 27 heavy (non-hydrogen) atoms. The fourth-order valence-electron chi connectivity index (χ4n) is 2.85. The molecule has 0 fully saturated rings. The van der Waals surface area contributed by atoms with Gasteiger partial charge in [-0.3, -0.25) is 24.1 Å². The Labute approximate surface area is 157 Å². The second-order valence-electron chi connectivity index (χ2n) is 6.23. The number of carbonyl (C=O) groups is 4. The summed E-state index contributed by atoms with van der Waals surface area (Å²) in [4.78, 5) is 49.9. The molecule has 8 heteroatoms. The van der Waals surface area contributed by atoms with Crippen molar-refractivity contribution in [3.63, 3.8) is 0 Å². The minimum atomic E-state index is -0.414. The number of fused-ring (bicyclic) bond motifs is 1. The topological polar surface area (TPSA) is 102 Å². The molecule has 3 amide bonds. The van der Waals surface area contributed by atoms with Crippen LogP contribution in [0.5, 0.6) is 0 Å². The molecule has 1 unspecified atom stereocenters. The van der Waals surface area contributed by atoms with E-state index in [1.165, 1.54) is 25.3 Å². The zero-order valence-corrected chi connectivity index (χ0v) is 15.7. The summed E-state index contributed by atoms with van der Waals surface area (Å²) in [6.07, 6.45) is 1.16. The number of rotatable bonds is 9. The van der Waals surface area contributed by atoms with Crippen LogP contribution in [0.25, 0.3) is 0 Å². The molecule has 2 rings (SSSR count). The maximum atomic E-state index is 12.5. The van der Waals surface area contributed by atoms with Gasteiger partial charge in [0.05, 0.1) is 24.7 Å². The summed E-state index contributed by atoms with van der Waals surface area (Å²) < 4.78 is 9.57. The Morgan fingerprint density at radius 2 is 1.85 bits per heavy atom. The molecule has 1 aromatic rings. The first-order chi connectivity index (χ1) is 12.9. The predicted octanol–water partition coefficient (Wildman–Crippen LogP) is 1.39. The number of hydrogen-bond donors (Lipinski definition) is 1. The van der Waals surface area contributed by atoms with E-state index in [4.69, 9.17) is 4.74 Å². The van der Waals surface area contributed by atoms with Gasteiger partial charge in [-0.1, -0.05) is 6.92 Å². The van der Waals surface area contributed by atoms with Crippen LogP contribution in [0.1, 0.15) is 57.3 Å². The Morgan fingerprint density at radius 3 is 2.48 bits per heavy atom. The molecular formula is C19H24N2O6. The number of carbonyl (C=O) groups excluding carboxylic acids is 4. The van der Waals surface area contributed by atoms with Gasteiger partial charge in [-0.25, -0.2) is 0 Å². The second-order valence-corrected chi connectivity index (χ2v) is 6.23. The van der Waals surface area contributed by atoms with E-state index in [1.54, 1.807) is 7.11 Å². The molecule has 1 aromatic carbocycles. The smallest absolute Gasteiger partial charge is 0.307 e. The Bertz CT molecular complexity index is 746. The molecule has 1 heterocycles. The van der Waals surface area contributed by atoms with Crippen molar-refractivity contribution in [1.82, 2.24) is 10.2 Å². The van der Waals surface area contributed by atoms with E-state index in [0.717, 1.165) is 4.90 Å². The predicted molar refractivity (Wildman–Crippen MR) is 96.5 cm³/mol. The van der Waals surface area contributed by atoms with Crippen LogP contribution in [0, 0.1) is 0 Å². The molecule has 0 bridgehead atoms. The average Bonchev–Trinajstić information content (AvgIpc) is 2.91. The number of benzene rings is 1. The van der Waals surface area contributed by atoms with Crippen molar-refractivity contribution < 1.29 is 28.7 Å². The Morgan fingerprint density at radius 1 is 1.15 bits per heavy atom. The van der Waals surface area contributed by atoms with Crippen molar-refractivity contribution in [2.24, 2.45) is 0 Å². The van der Waals surface area contributed by atoms with Crippen LogP contribution in [0.3, 0.4) is 0 Å². The molecule has 1 aliphatic heterocycles. The molecule has 0 saturated heterocycles. The molecule has 1 N–H and O–H groups in total. The van der Waals surface area contributed by atoms with E-state index in [-0.39, 0.29) is 41.6 Å². The third-order valence-corrected chi connectivity index (χ3v) is 4.43. The van der Waals surface area contributed by atoms with Crippen LogP contribution in [0.4, 0.5) is 0 Å². The lowest BCUT2D eigenvalue weighted by atomic mass is 10.0. The van der Waals surface area contributed by atoms with Gasteiger partial charge in [-0.15, -0.1) is 0 Å². The average molecular weight is 376 g/mol. The SMILES string of the molecule is CCC(CC(=O)OC)NC(=O)c1ccc2c(c1)C(=O)N(CCCOC)C2=O. The molecular weight excluding hydrogens is 352 g/mol. The van der Waals surface area contributed by atoms with Crippen molar-refractivity contribution in [3.05, 3.63) is 34.9 Å². The monoisotopic (exact) mass is 376 g/mol. The highest BCUT2D eigenvalue weighted by molar-refractivity contribution is 6.22. The highest BCUT2D eigenvalue weighted by Gasteiger charge is 2.35. The molecule has 146 valence electrons. The lowest BCUT2D eigenvalue weighted by Gasteiger charge is -2.15. The summed E-state index contributed by atoms with van der Waals surface area (Å²) in [6.45, 7) is 2.55. The normalized spacial score (nSPS) is 14.1. The molecule has 0 spiro atoms. The van der Waals surface area contributed by atoms with Gasteiger partial charge in [0.2, 0.25) is 0 Å². The molecule has 0 aliphatic carbocycles. The van der Waals surface area contributed by atoms with E-state index in [9.17, 15) is 19.2 Å². The van der Waals surface area contributed by atoms with Crippen LogP contribution >= 0.6 is 0 Å². The summed E-state index contributed by atoms with van der Waals surface area (Å²) >= 11 is 0. The third-order valence-electron chi connectivity index (χ3n) is 4.43. The van der Waals surface area contributed by atoms with Crippen molar-refractivity contribution >= 4 is 23.7 Å². The first-order valence-electron chi connectivity index (χ1n) is 8.79. The number of esters is 1. The second kappa shape index (κ2) is 9.27. The maximum absolute atomic E-state index is 12.5. The summed E-state index contributed by atoms with van der Waals surface area (Å²) in [5, 5.41) is 2.75. The number of nitrogens with zero attached hydrogens (tertiary/aromatic N) is 1. The number of ether oxygens (including phenoxy) is 2. The summed E-state index contributed by atoms with van der Waals surface area (Å²) in [5.41, 5.74) is 0.763. The third kappa shape index (κ3) is 4.71. The van der Waals surface area contributed by atoms with Gasteiger partial charge in [0, 0.05) is 31.9 Å². The van der Waals surface area contributed by atoms with E-state index in [0.29, 0.717) is 19.4 Å². The van der Waals surface area contributed by atoms with Gasteiger partial charge in [0.1, 0.15) is 0 Å². The van der Waals surface area contributed by atoms with Crippen LogP contribution < -0.4 is 5.32 Å². The molecule has 1 atom stereocenters. The van der Waals surface area contributed by atoms with Gasteiger partial charge in [-0.05, 0) is 31.0 Å². The Kier molecular flexibility index (Phi) is 7.06. The maximum Gasteiger partial charge on any atom is 0.307 e. The van der Waals surface area contributed by atoms with Crippen molar-refractivity contribution in [1.29, 1.82) is 0 Å². The van der Waals surface area contributed by atoms with E-state index in [2.05, 4.69) is 10.1 Å². The molecule has 0 radical (unpaired) electrons. The zero-order chi connectivity index (χ0) is 20.0. The van der Waals surface area contributed by atoms with Crippen LogP contribution in [-0.4, -0.2) is 62.0 Å². The summed E-state index contributed by atoms with van der Waals surface area (Å²) in [6, 6.07) is 4.04. The van der Waals surface area contributed by atoms with Crippen LogP contribution in [0.15, 0.2) is 18.2 Å². The standard InChI is InChI=1S/C19H24N2O6/c1-4-13(11-16(22)27-3)20-17(23)12-6-7-14-15(10-12)19(25)21(18(14)24)8-5-9-26-2/h6-7,10,13H,4-5,8-9,11H2,1-3H3,(H,20,23). The van der Waals surface area contributed by atoms with Gasteiger partial charge in [0.25, 0.3) is 17.7 Å². The summed E-state index contributed by atoms with van der Waals surface area (Å²) in [5.74, 6) is -1.60. The van der Waals surface area contributed by atoms with Gasteiger partial charge < -0.3 is 14.8 Å². The largest absolute Gasteiger partial charge is 0.469 e. The highest BCUT2D eigenvalue weighted by atomic mass is 16.5. The lowest BCUT2D eigenvalue weighted by molar-refractivity contribution is -0.141. The molecule has 1 aliphatic rings. The van der Waals surface area contributed by atoms with Gasteiger partial charge >= 0.3 is 5.97 Å². The number of amides is 3. The van der Waals surface area contributed by atoms with E-state index >= 15 is 0 Å². The van der Waals surface area contributed by atoms with E-state index < -0.39 is 17.8 Å². The Hall–Kier alpha value is -2.74. The van der Waals surface area contributed by atoms with E-state index in [1.807, 2.05) is 6.92 Å². The lowest BCUT2D eigenvalue weighted by Crippen LogP contribution is -2.36. The number of hydrogen-bond acceptors (Lipinski definition) is 6. The number of methoxy groups -OCH3 is 2. The van der Waals surface area contributed by atoms with Gasteiger partial charge in [0.15, 0.2) is 0 Å². The minimum absolute atomic E-state index is 0.0639. The highest BCUT2D eigenvalue weighted by Crippen LogP contribution is 2.24. The first kappa shape index (κ1) is 20.6. The van der Waals surface area contributed by atoms with Crippen LogP contribution in [-0.2, 0) is 14.3 Å². The Balaban J connectivity index is 2.12. The summed E-state index contributed by atoms with van der Waals surface area (Å²) in [7, 11) is 2.84. The van der Waals surface area contributed by atoms with Crippen molar-refractivity contribution in [2.75, 3.05) is 27.4 Å². The minimum Gasteiger partial charge on any atom is -0.469 e. The quantitative estimate of drug-likeness (QED) is 0.397. The zero-order valence-electron chi connectivity index (χ0n) is 15.7.